The Hall–Kier alpha value is -2.31. The van der Waals surface area contributed by atoms with Crippen LogP contribution < -0.4 is 10.1 Å². The maximum Gasteiger partial charge on any atom is 0.423 e. The topological polar surface area (TPSA) is 47.0 Å². The number of benzene rings is 1. The molecule has 7 heteroatoms. The number of ether oxygens (including phenoxy) is 1. The fourth-order valence-corrected chi connectivity index (χ4v) is 2.32. The molecule has 0 unspecified atom stereocenters. The summed E-state index contributed by atoms with van der Waals surface area (Å²) in [6.07, 6.45) is -0.482. The molecule has 25 heavy (non-hydrogen) atoms. The average Bonchev–Trinajstić information content (AvgIpc) is 2.58. The number of aryl methyl sites for hydroxylation is 1. The predicted molar refractivity (Wildman–Crippen MR) is 91.2 cm³/mol. The summed E-state index contributed by atoms with van der Waals surface area (Å²) in [6, 6.07) is 7.52. The van der Waals surface area contributed by atoms with Gasteiger partial charge in [0.1, 0.15) is 5.56 Å². The van der Waals surface area contributed by atoms with Gasteiger partial charge in [-0.15, -0.1) is 0 Å². The zero-order chi connectivity index (χ0) is 18.3. The lowest BCUT2D eigenvalue weighted by molar-refractivity contribution is -0.139. The van der Waals surface area contributed by atoms with Crippen LogP contribution in [0.1, 0.15) is 44.2 Å². The molecule has 0 aliphatic rings. The third-order valence-electron chi connectivity index (χ3n) is 3.69. The van der Waals surface area contributed by atoms with Crippen LogP contribution in [0.15, 0.2) is 30.5 Å². The molecule has 1 aromatic heterocycles. The highest BCUT2D eigenvalue weighted by Crippen LogP contribution is 2.35. The van der Waals surface area contributed by atoms with Gasteiger partial charge in [0.2, 0.25) is 11.8 Å². The van der Waals surface area contributed by atoms with Gasteiger partial charge in [-0.3, -0.25) is 0 Å². The molecule has 0 aliphatic carbocycles. The van der Waals surface area contributed by atoms with Gasteiger partial charge in [0.05, 0.1) is 6.61 Å². The Morgan fingerprint density at radius 3 is 2.56 bits per heavy atom. The van der Waals surface area contributed by atoms with Gasteiger partial charge in [-0.25, -0.2) is 4.98 Å². The SMILES string of the molecule is CCCCCOc1nc(Nc2ccccc2CC)ncc1C(F)(F)F. The monoisotopic (exact) mass is 353 g/mol. The van der Waals surface area contributed by atoms with E-state index in [1.54, 1.807) is 0 Å². The van der Waals surface area contributed by atoms with E-state index in [-0.39, 0.29) is 12.6 Å². The van der Waals surface area contributed by atoms with E-state index in [2.05, 4.69) is 15.3 Å². The maximum absolute atomic E-state index is 13.1. The Morgan fingerprint density at radius 1 is 1.12 bits per heavy atom. The minimum Gasteiger partial charge on any atom is -0.477 e. The van der Waals surface area contributed by atoms with Crippen molar-refractivity contribution in [2.75, 3.05) is 11.9 Å². The largest absolute Gasteiger partial charge is 0.477 e. The van der Waals surface area contributed by atoms with Crippen molar-refractivity contribution in [2.45, 2.75) is 45.7 Å². The Morgan fingerprint density at radius 2 is 1.88 bits per heavy atom. The van der Waals surface area contributed by atoms with Gasteiger partial charge in [-0.1, -0.05) is 44.9 Å². The highest BCUT2D eigenvalue weighted by molar-refractivity contribution is 5.58. The molecular formula is C18H22F3N3O. The van der Waals surface area contributed by atoms with Crippen molar-refractivity contribution in [3.63, 3.8) is 0 Å². The van der Waals surface area contributed by atoms with Crippen molar-refractivity contribution in [3.8, 4) is 5.88 Å². The lowest BCUT2D eigenvalue weighted by Crippen LogP contribution is -2.13. The van der Waals surface area contributed by atoms with Crippen LogP contribution in [0.3, 0.4) is 0 Å². The van der Waals surface area contributed by atoms with Gasteiger partial charge >= 0.3 is 6.18 Å². The number of nitrogens with zero attached hydrogens (tertiary/aromatic N) is 2. The molecule has 136 valence electrons. The summed E-state index contributed by atoms with van der Waals surface area (Å²) in [7, 11) is 0. The van der Waals surface area contributed by atoms with Gasteiger partial charge in [-0.2, -0.15) is 18.2 Å². The van der Waals surface area contributed by atoms with Crippen LogP contribution in [-0.2, 0) is 12.6 Å². The smallest absolute Gasteiger partial charge is 0.423 e. The molecule has 0 atom stereocenters. The molecular weight excluding hydrogens is 331 g/mol. The van der Waals surface area contributed by atoms with Crippen LogP contribution in [0.5, 0.6) is 5.88 Å². The number of aromatic nitrogens is 2. The zero-order valence-electron chi connectivity index (χ0n) is 14.4. The van der Waals surface area contributed by atoms with Crippen LogP contribution in [-0.4, -0.2) is 16.6 Å². The average molecular weight is 353 g/mol. The summed E-state index contributed by atoms with van der Waals surface area (Å²) >= 11 is 0. The number of para-hydroxylation sites is 1. The first-order valence-electron chi connectivity index (χ1n) is 8.37. The van der Waals surface area contributed by atoms with E-state index in [1.165, 1.54) is 0 Å². The van der Waals surface area contributed by atoms with Crippen LogP contribution in [0, 0.1) is 0 Å². The third kappa shape index (κ3) is 5.34. The lowest BCUT2D eigenvalue weighted by Gasteiger charge is -2.15. The standard InChI is InChI=1S/C18H22F3N3O/c1-3-5-8-11-25-16-14(18(19,20)21)12-22-17(24-16)23-15-10-7-6-9-13(15)4-2/h6-7,9-10,12H,3-5,8,11H2,1-2H3,(H,22,23,24). The summed E-state index contributed by atoms with van der Waals surface area (Å²) in [5.41, 5.74) is 0.830. The molecule has 0 spiro atoms. The first-order chi connectivity index (χ1) is 12.0. The first kappa shape index (κ1) is 19.0. The second-order valence-electron chi connectivity index (χ2n) is 5.60. The van der Waals surface area contributed by atoms with E-state index < -0.39 is 17.6 Å². The van der Waals surface area contributed by atoms with Crippen LogP contribution in [0.25, 0.3) is 0 Å². The summed E-state index contributed by atoms with van der Waals surface area (Å²) in [4.78, 5) is 7.74. The van der Waals surface area contributed by atoms with Crippen LogP contribution >= 0.6 is 0 Å². The minimum atomic E-state index is -4.56. The fraction of sp³-hybridized carbons (Fsp3) is 0.444. The number of anilines is 2. The molecule has 0 radical (unpaired) electrons. The number of rotatable bonds is 8. The van der Waals surface area contributed by atoms with Crippen LogP contribution in [0.2, 0.25) is 0 Å². The van der Waals surface area contributed by atoms with Crippen molar-refractivity contribution >= 4 is 11.6 Å². The minimum absolute atomic E-state index is 0.0828. The van der Waals surface area contributed by atoms with Crippen molar-refractivity contribution in [3.05, 3.63) is 41.6 Å². The summed E-state index contributed by atoms with van der Waals surface area (Å²) < 4.78 is 44.7. The van der Waals surface area contributed by atoms with Gasteiger partial charge < -0.3 is 10.1 Å². The van der Waals surface area contributed by atoms with E-state index in [0.29, 0.717) is 6.42 Å². The summed E-state index contributed by atoms with van der Waals surface area (Å²) in [6.45, 7) is 4.20. The molecule has 1 N–H and O–H groups in total. The Labute approximate surface area is 145 Å². The number of nitrogens with one attached hydrogen (secondary N) is 1. The number of halogens is 3. The van der Waals surface area contributed by atoms with Gasteiger partial charge in [0.15, 0.2) is 0 Å². The zero-order valence-corrected chi connectivity index (χ0v) is 14.4. The molecule has 1 aromatic carbocycles. The van der Waals surface area contributed by atoms with Gasteiger partial charge in [-0.05, 0) is 24.5 Å². The molecule has 0 bridgehead atoms. The fourth-order valence-electron chi connectivity index (χ4n) is 2.32. The molecule has 0 aliphatic heterocycles. The van der Waals surface area contributed by atoms with Gasteiger partial charge in [0, 0.05) is 11.9 Å². The van der Waals surface area contributed by atoms with Crippen molar-refractivity contribution < 1.29 is 17.9 Å². The van der Waals surface area contributed by atoms with E-state index in [9.17, 15) is 13.2 Å². The maximum atomic E-state index is 13.1. The first-order valence-corrected chi connectivity index (χ1v) is 8.37. The van der Waals surface area contributed by atoms with E-state index >= 15 is 0 Å². The van der Waals surface area contributed by atoms with Crippen LogP contribution in [0.4, 0.5) is 24.8 Å². The predicted octanol–water partition coefficient (Wildman–Crippen LogP) is 5.37. The molecule has 2 aromatic rings. The van der Waals surface area contributed by atoms with E-state index in [1.807, 2.05) is 38.1 Å². The van der Waals surface area contributed by atoms with Crippen molar-refractivity contribution in [1.82, 2.24) is 9.97 Å². The molecule has 0 fully saturated rings. The number of hydrogen-bond acceptors (Lipinski definition) is 4. The molecule has 1 heterocycles. The second kappa shape index (κ2) is 8.69. The summed E-state index contributed by atoms with van der Waals surface area (Å²) in [5.74, 6) is -0.352. The highest BCUT2D eigenvalue weighted by atomic mass is 19.4. The van der Waals surface area contributed by atoms with Crippen molar-refractivity contribution in [2.24, 2.45) is 0 Å². The number of unbranched alkanes of at least 4 members (excludes halogenated alkanes) is 2. The quantitative estimate of drug-likeness (QED) is 0.648. The Kier molecular flexibility index (Phi) is 6.61. The third-order valence-corrected chi connectivity index (χ3v) is 3.69. The number of alkyl halides is 3. The Bertz CT molecular complexity index is 690. The Balaban J connectivity index is 2.24. The second-order valence-corrected chi connectivity index (χ2v) is 5.60. The van der Waals surface area contributed by atoms with Gasteiger partial charge in [0.25, 0.3) is 0 Å². The number of hydrogen-bond donors (Lipinski definition) is 1. The lowest BCUT2D eigenvalue weighted by atomic mass is 10.1. The molecule has 4 nitrogen and oxygen atoms in total. The summed E-state index contributed by atoms with van der Waals surface area (Å²) in [5, 5.41) is 2.97. The normalized spacial score (nSPS) is 11.4. The highest BCUT2D eigenvalue weighted by Gasteiger charge is 2.36. The molecule has 2 rings (SSSR count). The van der Waals surface area contributed by atoms with Crippen molar-refractivity contribution in [1.29, 1.82) is 0 Å². The van der Waals surface area contributed by atoms with E-state index in [4.69, 9.17) is 4.74 Å². The molecule has 0 saturated heterocycles. The van der Waals surface area contributed by atoms with E-state index in [0.717, 1.165) is 36.7 Å². The molecule has 0 amide bonds. The molecule has 0 saturated carbocycles.